The Morgan fingerprint density at radius 2 is 2.00 bits per heavy atom. The van der Waals surface area contributed by atoms with E-state index in [2.05, 4.69) is 10.2 Å². The Hall–Kier alpha value is 0.460. The Balaban J connectivity index is 0.000000720. The van der Waals surface area contributed by atoms with Crippen LogP contribution in [0.4, 0.5) is 0 Å². The van der Waals surface area contributed by atoms with Crippen LogP contribution < -0.4 is 5.32 Å². The normalized spacial score (nSPS) is 33.9. The number of nitrogens with one attached hydrogen (secondary N) is 1. The topological polar surface area (TPSA) is 35.5 Å². The smallest absolute Gasteiger partial charge is 0.0679 e. The Labute approximate surface area is 91.7 Å². The molecule has 0 aromatic rings. The number of aliphatic hydroxyl groups is 1. The first-order valence-corrected chi connectivity index (χ1v) is 4.49. The van der Waals surface area contributed by atoms with Gasteiger partial charge in [-0.25, -0.2) is 0 Å². The van der Waals surface area contributed by atoms with E-state index < -0.39 is 0 Å². The Morgan fingerprint density at radius 1 is 1.23 bits per heavy atom. The molecule has 0 saturated carbocycles. The third kappa shape index (κ3) is 3.26. The second-order valence-electron chi connectivity index (χ2n) is 3.58. The second-order valence-corrected chi connectivity index (χ2v) is 3.58. The largest absolute Gasteiger partial charge is 0.392 e. The summed E-state index contributed by atoms with van der Waals surface area (Å²) in [5.74, 6) is 0. The molecular formula is C8H18Cl2N2O. The molecule has 0 spiro atoms. The van der Waals surface area contributed by atoms with Gasteiger partial charge in [-0.05, 0) is 19.4 Å². The van der Waals surface area contributed by atoms with Gasteiger partial charge in [0.15, 0.2) is 0 Å². The van der Waals surface area contributed by atoms with Crippen LogP contribution in [0.5, 0.6) is 0 Å². The van der Waals surface area contributed by atoms with Gasteiger partial charge in [0.1, 0.15) is 0 Å². The van der Waals surface area contributed by atoms with Crippen LogP contribution >= 0.6 is 24.8 Å². The third-order valence-corrected chi connectivity index (χ3v) is 2.75. The zero-order valence-electron chi connectivity index (χ0n) is 7.61. The highest BCUT2D eigenvalue weighted by Gasteiger charge is 2.28. The molecule has 0 radical (unpaired) electrons. The molecule has 2 rings (SSSR count). The van der Waals surface area contributed by atoms with E-state index in [0.29, 0.717) is 6.04 Å². The predicted molar refractivity (Wildman–Crippen MR) is 58.0 cm³/mol. The lowest BCUT2D eigenvalue weighted by molar-refractivity contribution is 0.163. The first-order chi connectivity index (χ1) is 5.36. The van der Waals surface area contributed by atoms with E-state index in [0.717, 1.165) is 32.6 Å². The quantitative estimate of drug-likeness (QED) is 0.677. The number of halogens is 2. The highest BCUT2D eigenvalue weighted by atomic mass is 35.5. The summed E-state index contributed by atoms with van der Waals surface area (Å²) >= 11 is 0. The van der Waals surface area contributed by atoms with Gasteiger partial charge in [-0.15, -0.1) is 24.8 Å². The van der Waals surface area contributed by atoms with Gasteiger partial charge in [0.05, 0.1) is 6.10 Å². The van der Waals surface area contributed by atoms with Crippen molar-refractivity contribution in [2.45, 2.75) is 25.0 Å². The monoisotopic (exact) mass is 228 g/mol. The molecule has 0 aliphatic carbocycles. The summed E-state index contributed by atoms with van der Waals surface area (Å²) in [5.41, 5.74) is 0. The molecule has 5 heteroatoms. The standard InChI is InChI=1S/C8H16N2O.2ClH/c11-8-2-4-10(6-8)7-1-3-9-5-7;;/h7-9,11H,1-6H2;2*1H/t7-,8-;;/m0../s1. The zero-order valence-corrected chi connectivity index (χ0v) is 9.24. The maximum atomic E-state index is 9.30. The number of likely N-dealkylation sites (tertiary alicyclic amines) is 1. The summed E-state index contributed by atoms with van der Waals surface area (Å²) in [5, 5.41) is 12.6. The van der Waals surface area contributed by atoms with Gasteiger partial charge in [-0.3, -0.25) is 4.90 Å². The van der Waals surface area contributed by atoms with Crippen molar-refractivity contribution in [1.29, 1.82) is 0 Å². The summed E-state index contributed by atoms with van der Waals surface area (Å²) in [6, 6.07) is 0.701. The van der Waals surface area contributed by atoms with Gasteiger partial charge in [0, 0.05) is 25.7 Å². The molecule has 80 valence electrons. The molecular weight excluding hydrogens is 211 g/mol. The predicted octanol–water partition coefficient (Wildman–Crippen LogP) is 0.259. The van der Waals surface area contributed by atoms with Crippen molar-refractivity contribution in [3.8, 4) is 0 Å². The maximum Gasteiger partial charge on any atom is 0.0679 e. The average Bonchev–Trinajstić information content (AvgIpc) is 2.55. The molecule has 0 aromatic heterocycles. The van der Waals surface area contributed by atoms with E-state index in [1.54, 1.807) is 0 Å². The van der Waals surface area contributed by atoms with Crippen LogP contribution in [0.3, 0.4) is 0 Å². The molecule has 0 unspecified atom stereocenters. The van der Waals surface area contributed by atoms with Crippen molar-refractivity contribution in [3.05, 3.63) is 0 Å². The van der Waals surface area contributed by atoms with Crippen LogP contribution in [0.15, 0.2) is 0 Å². The first kappa shape index (κ1) is 13.5. The Bertz CT molecular complexity index is 142. The third-order valence-electron chi connectivity index (χ3n) is 2.75. The Kier molecular flexibility index (Phi) is 6.25. The molecule has 0 aromatic carbocycles. The van der Waals surface area contributed by atoms with Crippen molar-refractivity contribution < 1.29 is 5.11 Å². The number of β-amino-alcohol motifs (C(OH)–C–C–N with tert-alkyl or cyclic N) is 1. The molecule has 0 bridgehead atoms. The van der Waals surface area contributed by atoms with Crippen molar-refractivity contribution in [1.82, 2.24) is 10.2 Å². The summed E-state index contributed by atoms with van der Waals surface area (Å²) in [6.07, 6.45) is 2.17. The average molecular weight is 229 g/mol. The van der Waals surface area contributed by atoms with E-state index in [9.17, 15) is 5.11 Å². The number of hydrogen-bond acceptors (Lipinski definition) is 3. The fourth-order valence-corrected chi connectivity index (χ4v) is 2.05. The fraction of sp³-hybridized carbons (Fsp3) is 1.00. The number of nitrogens with zero attached hydrogens (tertiary/aromatic N) is 1. The van der Waals surface area contributed by atoms with E-state index in [1.807, 2.05) is 0 Å². The van der Waals surface area contributed by atoms with Crippen molar-refractivity contribution in [2.24, 2.45) is 0 Å². The van der Waals surface area contributed by atoms with Crippen LogP contribution in [0.25, 0.3) is 0 Å². The van der Waals surface area contributed by atoms with E-state index >= 15 is 0 Å². The van der Waals surface area contributed by atoms with Gasteiger partial charge >= 0.3 is 0 Å². The van der Waals surface area contributed by atoms with Crippen LogP contribution in [-0.4, -0.2) is 48.3 Å². The second kappa shape index (κ2) is 6.04. The van der Waals surface area contributed by atoms with Crippen LogP contribution in [0, 0.1) is 0 Å². The lowest BCUT2D eigenvalue weighted by atomic mass is 10.2. The molecule has 2 saturated heterocycles. The van der Waals surface area contributed by atoms with E-state index in [4.69, 9.17) is 0 Å². The molecule has 13 heavy (non-hydrogen) atoms. The zero-order chi connectivity index (χ0) is 7.68. The lowest BCUT2D eigenvalue weighted by Crippen LogP contribution is -2.35. The highest BCUT2D eigenvalue weighted by Crippen LogP contribution is 2.16. The molecule has 2 atom stereocenters. The van der Waals surface area contributed by atoms with Gasteiger partial charge in [-0.2, -0.15) is 0 Å². The van der Waals surface area contributed by atoms with Gasteiger partial charge in [0.2, 0.25) is 0 Å². The van der Waals surface area contributed by atoms with Crippen LogP contribution in [0.1, 0.15) is 12.8 Å². The fourth-order valence-electron chi connectivity index (χ4n) is 2.05. The molecule has 2 aliphatic rings. The molecule has 2 fully saturated rings. The van der Waals surface area contributed by atoms with Gasteiger partial charge in [0.25, 0.3) is 0 Å². The first-order valence-electron chi connectivity index (χ1n) is 4.49. The molecule has 2 N–H and O–H groups in total. The minimum Gasteiger partial charge on any atom is -0.392 e. The molecule has 0 amide bonds. The Morgan fingerprint density at radius 3 is 2.46 bits per heavy atom. The lowest BCUT2D eigenvalue weighted by Gasteiger charge is -2.21. The summed E-state index contributed by atoms with van der Waals surface area (Å²) in [6.45, 7) is 4.25. The molecule has 3 nitrogen and oxygen atoms in total. The van der Waals surface area contributed by atoms with Gasteiger partial charge < -0.3 is 10.4 Å². The van der Waals surface area contributed by atoms with Crippen LogP contribution in [-0.2, 0) is 0 Å². The molecule has 2 aliphatic heterocycles. The number of rotatable bonds is 1. The summed E-state index contributed by atoms with van der Waals surface area (Å²) < 4.78 is 0. The van der Waals surface area contributed by atoms with Crippen molar-refractivity contribution >= 4 is 24.8 Å². The van der Waals surface area contributed by atoms with Crippen LogP contribution in [0.2, 0.25) is 0 Å². The van der Waals surface area contributed by atoms with Crippen molar-refractivity contribution in [3.63, 3.8) is 0 Å². The number of aliphatic hydroxyl groups excluding tert-OH is 1. The molecule has 2 heterocycles. The summed E-state index contributed by atoms with van der Waals surface area (Å²) in [4.78, 5) is 2.41. The summed E-state index contributed by atoms with van der Waals surface area (Å²) in [7, 11) is 0. The minimum atomic E-state index is -0.0596. The maximum absolute atomic E-state index is 9.30. The minimum absolute atomic E-state index is 0. The van der Waals surface area contributed by atoms with Crippen molar-refractivity contribution in [2.75, 3.05) is 26.2 Å². The van der Waals surface area contributed by atoms with E-state index in [-0.39, 0.29) is 30.9 Å². The van der Waals surface area contributed by atoms with E-state index in [1.165, 1.54) is 6.42 Å². The highest BCUT2D eigenvalue weighted by molar-refractivity contribution is 5.85. The number of hydrogen-bond donors (Lipinski definition) is 2. The SMILES string of the molecule is Cl.Cl.O[C@H]1CCN([C@H]2CCNC2)C1. The van der Waals surface area contributed by atoms with Gasteiger partial charge in [-0.1, -0.05) is 0 Å².